The first kappa shape index (κ1) is 8.58. The van der Waals surface area contributed by atoms with Crippen molar-refractivity contribution in [2.24, 2.45) is 0 Å². The third-order valence-electron chi connectivity index (χ3n) is 0.813. The standard InChI is InChI=1S/C6H7N.CH5P/c1-6-4-2-3-5-7-6;1-2/h2-5H,1H3;2H2,1H3. The fourth-order valence-corrected chi connectivity index (χ4v) is 0.448. The molecule has 50 valence electrons. The Kier molecular flexibility index (Phi) is 5.45. The zero-order valence-electron chi connectivity index (χ0n) is 5.83. The van der Waals surface area contributed by atoms with Crippen LogP contribution < -0.4 is 0 Å². The average Bonchev–Trinajstić information content (AvgIpc) is 1.94. The summed E-state index contributed by atoms with van der Waals surface area (Å²) < 4.78 is 0. The second-order valence-electron chi connectivity index (χ2n) is 1.47. The normalized spacial score (nSPS) is 7.44. The van der Waals surface area contributed by atoms with Crippen LogP contribution in [0, 0.1) is 6.92 Å². The molecule has 0 aliphatic carbocycles. The largest absolute Gasteiger partial charge is 0.262 e. The minimum Gasteiger partial charge on any atom is -0.262 e. The number of pyridine rings is 1. The lowest BCUT2D eigenvalue weighted by Crippen LogP contribution is -1.72. The van der Waals surface area contributed by atoms with Gasteiger partial charge in [-0.2, -0.15) is 0 Å². The van der Waals surface area contributed by atoms with E-state index >= 15 is 0 Å². The van der Waals surface area contributed by atoms with E-state index in [-0.39, 0.29) is 0 Å². The molecule has 0 amide bonds. The van der Waals surface area contributed by atoms with Gasteiger partial charge in [-0.15, -0.1) is 9.24 Å². The molecular formula is C7H12NP. The molecule has 0 bridgehead atoms. The van der Waals surface area contributed by atoms with Crippen LogP contribution in [0.25, 0.3) is 0 Å². The molecule has 2 heteroatoms. The smallest absolute Gasteiger partial charge is 0.0372 e. The zero-order chi connectivity index (χ0) is 7.11. The van der Waals surface area contributed by atoms with Crippen molar-refractivity contribution >= 4 is 9.24 Å². The zero-order valence-corrected chi connectivity index (χ0v) is 6.99. The number of hydrogen-bond donors (Lipinski definition) is 0. The molecule has 1 heterocycles. The molecule has 1 atom stereocenters. The monoisotopic (exact) mass is 141 g/mol. The molecule has 0 aromatic carbocycles. The Morgan fingerprint density at radius 1 is 1.33 bits per heavy atom. The number of nitrogens with zero attached hydrogens (tertiary/aromatic N) is 1. The summed E-state index contributed by atoms with van der Waals surface area (Å²) in [5.41, 5.74) is 1.07. The van der Waals surface area contributed by atoms with Crippen molar-refractivity contribution in [2.45, 2.75) is 6.92 Å². The summed E-state index contributed by atoms with van der Waals surface area (Å²) in [6.07, 6.45) is 1.79. The highest BCUT2D eigenvalue weighted by atomic mass is 31.0. The van der Waals surface area contributed by atoms with Crippen molar-refractivity contribution in [1.29, 1.82) is 0 Å². The van der Waals surface area contributed by atoms with Crippen LogP contribution in [0.4, 0.5) is 0 Å². The van der Waals surface area contributed by atoms with Crippen LogP contribution in [0.15, 0.2) is 24.4 Å². The van der Waals surface area contributed by atoms with Crippen LogP contribution >= 0.6 is 9.24 Å². The van der Waals surface area contributed by atoms with Gasteiger partial charge in [0.05, 0.1) is 0 Å². The van der Waals surface area contributed by atoms with Crippen molar-refractivity contribution in [3.8, 4) is 0 Å². The lowest BCUT2D eigenvalue weighted by Gasteiger charge is -1.82. The molecule has 0 saturated carbocycles. The fraction of sp³-hybridized carbons (Fsp3) is 0.286. The molecule has 1 aromatic rings. The van der Waals surface area contributed by atoms with Crippen LogP contribution in [0.5, 0.6) is 0 Å². The molecule has 0 aliphatic rings. The van der Waals surface area contributed by atoms with Crippen LogP contribution in [-0.2, 0) is 0 Å². The molecule has 1 unspecified atom stereocenters. The van der Waals surface area contributed by atoms with Gasteiger partial charge in [-0.1, -0.05) is 12.7 Å². The first-order chi connectivity index (χ1) is 4.39. The maximum Gasteiger partial charge on any atom is 0.0372 e. The van der Waals surface area contributed by atoms with Crippen molar-refractivity contribution in [2.75, 3.05) is 6.66 Å². The highest BCUT2D eigenvalue weighted by molar-refractivity contribution is 7.15. The predicted molar refractivity (Wildman–Crippen MR) is 44.6 cm³/mol. The van der Waals surface area contributed by atoms with Crippen molar-refractivity contribution in [3.05, 3.63) is 30.1 Å². The van der Waals surface area contributed by atoms with E-state index in [4.69, 9.17) is 0 Å². The summed E-state index contributed by atoms with van der Waals surface area (Å²) >= 11 is 0. The Morgan fingerprint density at radius 2 is 2.00 bits per heavy atom. The van der Waals surface area contributed by atoms with E-state index in [0.29, 0.717) is 0 Å². The van der Waals surface area contributed by atoms with E-state index in [1.54, 1.807) is 6.20 Å². The number of aryl methyl sites for hydroxylation is 1. The van der Waals surface area contributed by atoms with Crippen molar-refractivity contribution in [3.63, 3.8) is 0 Å². The topological polar surface area (TPSA) is 12.9 Å². The van der Waals surface area contributed by atoms with Gasteiger partial charge in [-0.3, -0.25) is 4.98 Å². The lowest BCUT2D eigenvalue weighted by molar-refractivity contribution is 1.20. The predicted octanol–water partition coefficient (Wildman–Crippen LogP) is 1.88. The second kappa shape index (κ2) is 5.71. The van der Waals surface area contributed by atoms with Gasteiger partial charge in [0.25, 0.3) is 0 Å². The first-order valence-electron chi connectivity index (χ1n) is 2.85. The average molecular weight is 141 g/mol. The van der Waals surface area contributed by atoms with Crippen molar-refractivity contribution in [1.82, 2.24) is 4.98 Å². The van der Waals surface area contributed by atoms with Gasteiger partial charge in [0.2, 0.25) is 0 Å². The molecule has 0 fully saturated rings. The van der Waals surface area contributed by atoms with Gasteiger partial charge in [0.15, 0.2) is 0 Å². The van der Waals surface area contributed by atoms with E-state index in [1.807, 2.05) is 31.8 Å². The van der Waals surface area contributed by atoms with Crippen molar-refractivity contribution < 1.29 is 0 Å². The van der Waals surface area contributed by atoms with E-state index in [1.165, 1.54) is 0 Å². The van der Waals surface area contributed by atoms with Gasteiger partial charge >= 0.3 is 0 Å². The first-order valence-corrected chi connectivity index (χ1v) is 4.00. The van der Waals surface area contributed by atoms with Gasteiger partial charge in [-0.25, -0.2) is 0 Å². The Bertz CT molecular complexity index is 139. The molecule has 0 aliphatic heterocycles. The molecule has 0 spiro atoms. The van der Waals surface area contributed by atoms with Crippen LogP contribution in [0.2, 0.25) is 0 Å². The number of aromatic nitrogens is 1. The Balaban J connectivity index is 0.000000291. The fourth-order valence-electron chi connectivity index (χ4n) is 0.448. The molecule has 1 nitrogen and oxygen atoms in total. The van der Waals surface area contributed by atoms with Crippen LogP contribution in [-0.4, -0.2) is 11.6 Å². The third kappa shape index (κ3) is 4.11. The number of hydrogen-bond acceptors (Lipinski definition) is 1. The van der Waals surface area contributed by atoms with Crippen LogP contribution in [0.3, 0.4) is 0 Å². The van der Waals surface area contributed by atoms with Gasteiger partial charge in [0, 0.05) is 11.9 Å². The summed E-state index contributed by atoms with van der Waals surface area (Å²) in [6, 6.07) is 5.86. The molecule has 0 N–H and O–H groups in total. The summed E-state index contributed by atoms with van der Waals surface area (Å²) in [5, 5.41) is 0. The molecule has 0 radical (unpaired) electrons. The van der Waals surface area contributed by atoms with E-state index < -0.39 is 0 Å². The lowest BCUT2D eigenvalue weighted by atomic mass is 10.4. The highest BCUT2D eigenvalue weighted by Gasteiger charge is 1.73. The second-order valence-corrected chi connectivity index (χ2v) is 1.47. The Hall–Kier alpha value is -0.420. The molecule has 1 aromatic heterocycles. The molecule has 1 rings (SSSR count). The number of rotatable bonds is 0. The maximum absolute atomic E-state index is 3.98. The van der Waals surface area contributed by atoms with E-state index in [2.05, 4.69) is 14.2 Å². The SMILES string of the molecule is CP.Cc1ccccn1. The van der Waals surface area contributed by atoms with Gasteiger partial charge in [0.1, 0.15) is 0 Å². The summed E-state index contributed by atoms with van der Waals surface area (Å²) in [4.78, 5) is 3.98. The minimum atomic E-state index is 1.07. The van der Waals surface area contributed by atoms with Gasteiger partial charge in [-0.05, 0) is 19.1 Å². The maximum atomic E-state index is 3.98. The molecule has 0 saturated heterocycles. The highest BCUT2D eigenvalue weighted by Crippen LogP contribution is 1.85. The summed E-state index contributed by atoms with van der Waals surface area (Å²) in [7, 11) is 2.42. The third-order valence-corrected chi connectivity index (χ3v) is 0.813. The quantitative estimate of drug-likeness (QED) is 0.503. The van der Waals surface area contributed by atoms with E-state index in [0.717, 1.165) is 5.69 Å². The Labute approximate surface area is 58.7 Å². The van der Waals surface area contributed by atoms with Crippen LogP contribution in [0.1, 0.15) is 5.69 Å². The summed E-state index contributed by atoms with van der Waals surface area (Å²) in [6.45, 7) is 3.89. The van der Waals surface area contributed by atoms with E-state index in [9.17, 15) is 0 Å². The molecular weight excluding hydrogens is 129 g/mol. The summed E-state index contributed by atoms with van der Waals surface area (Å²) in [5.74, 6) is 0. The van der Waals surface area contributed by atoms with Gasteiger partial charge < -0.3 is 0 Å². The Morgan fingerprint density at radius 3 is 2.22 bits per heavy atom. The minimum absolute atomic E-state index is 1.07. The molecule has 9 heavy (non-hydrogen) atoms.